The van der Waals surface area contributed by atoms with Crippen LogP contribution in [0.5, 0.6) is 5.75 Å². The molecule has 0 spiro atoms. The highest BCUT2D eigenvalue weighted by Crippen LogP contribution is 2.39. The van der Waals surface area contributed by atoms with Crippen LogP contribution in [0.15, 0.2) is 29.2 Å². The predicted molar refractivity (Wildman–Crippen MR) is 51.9 cm³/mol. The summed E-state index contributed by atoms with van der Waals surface area (Å²) in [6, 6.07) is 8.29. The lowest BCUT2D eigenvalue weighted by Gasteiger charge is -2.01. The van der Waals surface area contributed by atoms with Crippen LogP contribution in [-0.4, -0.2) is 12.4 Å². The Labute approximate surface area is 77.1 Å². The first kappa shape index (κ1) is 7.99. The number of hydrogen-bond donors (Lipinski definition) is 0. The summed E-state index contributed by atoms with van der Waals surface area (Å²) in [7, 11) is 1.70. The third-order valence-corrected chi connectivity index (χ3v) is 3.24. The molecular formula is C10H12OS. The molecule has 1 nitrogen and oxygen atoms in total. The molecule has 0 aromatic heterocycles. The number of rotatable bonds is 3. The van der Waals surface area contributed by atoms with Crippen molar-refractivity contribution >= 4 is 11.8 Å². The fraction of sp³-hybridized carbons (Fsp3) is 0.400. The van der Waals surface area contributed by atoms with E-state index in [1.807, 2.05) is 23.9 Å². The molecule has 0 N–H and O–H groups in total. The van der Waals surface area contributed by atoms with Gasteiger partial charge in [-0.25, -0.2) is 0 Å². The van der Waals surface area contributed by atoms with Gasteiger partial charge in [0.1, 0.15) is 5.75 Å². The van der Waals surface area contributed by atoms with Gasteiger partial charge in [0.2, 0.25) is 0 Å². The summed E-state index contributed by atoms with van der Waals surface area (Å²) in [4.78, 5) is 1.36. The second kappa shape index (κ2) is 3.40. The van der Waals surface area contributed by atoms with Crippen LogP contribution >= 0.6 is 11.8 Å². The second-order valence-corrected chi connectivity index (χ2v) is 4.37. The van der Waals surface area contributed by atoms with Crippen molar-refractivity contribution in [2.24, 2.45) is 0 Å². The van der Waals surface area contributed by atoms with Crippen molar-refractivity contribution in [1.82, 2.24) is 0 Å². The number of ether oxygens (including phenoxy) is 1. The summed E-state index contributed by atoms with van der Waals surface area (Å²) < 4.78 is 5.08. The van der Waals surface area contributed by atoms with Crippen molar-refractivity contribution in [2.75, 3.05) is 7.11 Å². The molecule has 0 radical (unpaired) electrons. The summed E-state index contributed by atoms with van der Waals surface area (Å²) in [5, 5.41) is 0.887. The number of hydrogen-bond acceptors (Lipinski definition) is 2. The van der Waals surface area contributed by atoms with Crippen molar-refractivity contribution in [2.45, 2.75) is 23.0 Å². The lowest BCUT2D eigenvalue weighted by Crippen LogP contribution is -1.81. The molecule has 12 heavy (non-hydrogen) atoms. The third-order valence-electron chi connectivity index (χ3n) is 1.89. The van der Waals surface area contributed by atoms with Gasteiger partial charge < -0.3 is 4.74 Å². The SMILES string of the molecule is COc1ccc(SC2CC2)cc1. The highest BCUT2D eigenvalue weighted by atomic mass is 32.2. The van der Waals surface area contributed by atoms with Gasteiger partial charge in [-0.1, -0.05) is 0 Å². The molecule has 1 aromatic carbocycles. The molecule has 1 saturated carbocycles. The minimum Gasteiger partial charge on any atom is -0.497 e. The molecule has 0 aliphatic heterocycles. The Morgan fingerprint density at radius 2 is 1.92 bits per heavy atom. The predicted octanol–water partition coefficient (Wildman–Crippen LogP) is 2.95. The molecule has 0 unspecified atom stereocenters. The molecule has 0 bridgehead atoms. The van der Waals surface area contributed by atoms with Crippen LogP contribution in [0.4, 0.5) is 0 Å². The Bertz CT molecular complexity index is 251. The molecule has 64 valence electrons. The number of thioether (sulfide) groups is 1. The highest BCUT2D eigenvalue weighted by Gasteiger charge is 2.22. The van der Waals surface area contributed by atoms with Gasteiger partial charge in [0, 0.05) is 10.1 Å². The monoisotopic (exact) mass is 180 g/mol. The lowest BCUT2D eigenvalue weighted by molar-refractivity contribution is 0.414. The average molecular weight is 180 g/mol. The third kappa shape index (κ3) is 1.95. The maximum absolute atomic E-state index is 5.08. The van der Waals surface area contributed by atoms with Crippen LogP contribution in [0.2, 0.25) is 0 Å². The van der Waals surface area contributed by atoms with Gasteiger partial charge in [-0.3, -0.25) is 0 Å². The van der Waals surface area contributed by atoms with Crippen molar-refractivity contribution < 1.29 is 4.74 Å². The van der Waals surface area contributed by atoms with E-state index in [1.54, 1.807) is 7.11 Å². The zero-order valence-electron chi connectivity index (χ0n) is 7.12. The van der Waals surface area contributed by atoms with Gasteiger partial charge in [-0.15, -0.1) is 11.8 Å². The normalized spacial score (nSPS) is 16.1. The first-order valence-electron chi connectivity index (χ1n) is 4.19. The Morgan fingerprint density at radius 1 is 1.25 bits per heavy atom. The molecule has 1 aliphatic carbocycles. The molecule has 0 saturated heterocycles. The minimum atomic E-state index is 0.887. The van der Waals surface area contributed by atoms with Crippen LogP contribution in [-0.2, 0) is 0 Å². The second-order valence-electron chi connectivity index (χ2n) is 2.99. The highest BCUT2D eigenvalue weighted by molar-refractivity contribution is 8.00. The molecule has 1 aromatic rings. The Balaban J connectivity index is 2.02. The van der Waals surface area contributed by atoms with Crippen LogP contribution in [0.1, 0.15) is 12.8 Å². The molecule has 2 rings (SSSR count). The van der Waals surface area contributed by atoms with E-state index in [-0.39, 0.29) is 0 Å². The van der Waals surface area contributed by atoms with E-state index in [1.165, 1.54) is 17.7 Å². The van der Waals surface area contributed by atoms with Crippen molar-refractivity contribution in [3.63, 3.8) is 0 Å². The summed E-state index contributed by atoms with van der Waals surface area (Å²) >= 11 is 1.97. The fourth-order valence-corrected chi connectivity index (χ4v) is 2.08. The van der Waals surface area contributed by atoms with Crippen molar-refractivity contribution in [3.8, 4) is 5.75 Å². The standard InChI is InChI=1S/C10H12OS/c1-11-8-2-4-9(5-3-8)12-10-6-7-10/h2-5,10H,6-7H2,1H3. The fourth-order valence-electron chi connectivity index (χ4n) is 1.03. The van der Waals surface area contributed by atoms with Crippen molar-refractivity contribution in [1.29, 1.82) is 0 Å². The summed E-state index contributed by atoms with van der Waals surface area (Å²) in [5.74, 6) is 0.940. The largest absolute Gasteiger partial charge is 0.497 e. The zero-order chi connectivity index (χ0) is 8.39. The van der Waals surface area contributed by atoms with E-state index in [9.17, 15) is 0 Å². The summed E-state index contributed by atoms with van der Waals surface area (Å²) in [6.45, 7) is 0. The van der Waals surface area contributed by atoms with E-state index in [0.29, 0.717) is 0 Å². The summed E-state index contributed by atoms with van der Waals surface area (Å²) in [5.41, 5.74) is 0. The van der Waals surface area contributed by atoms with E-state index in [2.05, 4.69) is 12.1 Å². The van der Waals surface area contributed by atoms with Gasteiger partial charge in [0.15, 0.2) is 0 Å². The molecular weight excluding hydrogens is 168 g/mol. The van der Waals surface area contributed by atoms with Crippen LogP contribution in [0, 0.1) is 0 Å². The van der Waals surface area contributed by atoms with Gasteiger partial charge in [-0.2, -0.15) is 0 Å². The number of benzene rings is 1. The van der Waals surface area contributed by atoms with E-state index in [4.69, 9.17) is 4.74 Å². The van der Waals surface area contributed by atoms with Crippen LogP contribution in [0.3, 0.4) is 0 Å². The Kier molecular flexibility index (Phi) is 2.26. The van der Waals surface area contributed by atoms with Crippen LogP contribution in [0.25, 0.3) is 0 Å². The van der Waals surface area contributed by atoms with Crippen LogP contribution < -0.4 is 4.74 Å². The summed E-state index contributed by atoms with van der Waals surface area (Å²) in [6.07, 6.45) is 2.77. The maximum atomic E-state index is 5.08. The Morgan fingerprint density at radius 3 is 2.42 bits per heavy atom. The van der Waals surface area contributed by atoms with Gasteiger partial charge in [0.05, 0.1) is 7.11 Å². The maximum Gasteiger partial charge on any atom is 0.118 e. The molecule has 2 heteroatoms. The quantitative estimate of drug-likeness (QED) is 0.707. The van der Waals surface area contributed by atoms with E-state index >= 15 is 0 Å². The van der Waals surface area contributed by atoms with E-state index < -0.39 is 0 Å². The first-order chi connectivity index (χ1) is 5.88. The smallest absolute Gasteiger partial charge is 0.118 e. The molecule has 1 aliphatic rings. The first-order valence-corrected chi connectivity index (χ1v) is 5.07. The van der Waals surface area contributed by atoms with E-state index in [0.717, 1.165) is 11.0 Å². The van der Waals surface area contributed by atoms with Crippen molar-refractivity contribution in [3.05, 3.63) is 24.3 Å². The minimum absolute atomic E-state index is 0.887. The molecule has 1 fully saturated rings. The Hall–Kier alpha value is -0.630. The lowest BCUT2D eigenvalue weighted by atomic mass is 10.3. The number of methoxy groups -OCH3 is 1. The molecule has 0 heterocycles. The van der Waals surface area contributed by atoms with Gasteiger partial charge in [-0.05, 0) is 37.1 Å². The molecule has 0 amide bonds. The van der Waals surface area contributed by atoms with Gasteiger partial charge in [0.25, 0.3) is 0 Å². The topological polar surface area (TPSA) is 9.23 Å². The molecule has 0 atom stereocenters. The van der Waals surface area contributed by atoms with Gasteiger partial charge >= 0.3 is 0 Å². The average Bonchev–Trinajstić information content (AvgIpc) is 2.90. The zero-order valence-corrected chi connectivity index (χ0v) is 7.93.